The molecule has 1 aliphatic carbocycles. The molecule has 0 bridgehead atoms. The summed E-state index contributed by atoms with van der Waals surface area (Å²) in [4.78, 5) is 23.6. The van der Waals surface area contributed by atoms with Crippen molar-refractivity contribution in [1.82, 2.24) is 14.7 Å². The van der Waals surface area contributed by atoms with Crippen LogP contribution in [0.3, 0.4) is 0 Å². The van der Waals surface area contributed by atoms with E-state index in [-0.39, 0.29) is 32.6 Å². The zero-order valence-electron chi connectivity index (χ0n) is 20.3. The van der Waals surface area contributed by atoms with Crippen LogP contribution in [0.25, 0.3) is 0 Å². The zero-order chi connectivity index (χ0) is 25.4. The summed E-state index contributed by atoms with van der Waals surface area (Å²) in [7, 11) is 0. The van der Waals surface area contributed by atoms with Gasteiger partial charge < -0.3 is 20.9 Å². The summed E-state index contributed by atoms with van der Waals surface area (Å²) in [6.45, 7) is 7.53. The summed E-state index contributed by atoms with van der Waals surface area (Å²) in [6.07, 6.45) is 7.49. The van der Waals surface area contributed by atoms with Gasteiger partial charge in [0.25, 0.3) is 0 Å². The Kier molecular flexibility index (Phi) is 7.78. The molecule has 1 aliphatic heterocycles. The number of nitrogens with one attached hydrogen (secondary N) is 1. The van der Waals surface area contributed by atoms with Gasteiger partial charge in [-0.3, -0.25) is 4.79 Å². The summed E-state index contributed by atoms with van der Waals surface area (Å²) in [5.41, 5.74) is 12.1. The lowest BCUT2D eigenvalue weighted by atomic mass is 9.73. The Hall–Kier alpha value is -1.72. The highest BCUT2D eigenvalue weighted by molar-refractivity contribution is 7.99. The molecule has 0 unspecified atom stereocenters. The van der Waals surface area contributed by atoms with Crippen molar-refractivity contribution in [2.24, 2.45) is 11.1 Å². The van der Waals surface area contributed by atoms with Crippen molar-refractivity contribution in [1.29, 1.82) is 0 Å². The molecule has 0 radical (unpaired) electrons. The molecule has 2 aliphatic rings. The molecule has 5 N–H and O–H groups in total. The number of nitrogens with two attached hydrogens (primary N) is 2. The van der Waals surface area contributed by atoms with Gasteiger partial charge in [0.15, 0.2) is 5.82 Å². The molecule has 1 spiro atoms. The number of hydrogen-bond acceptors (Lipinski definition) is 8. The van der Waals surface area contributed by atoms with Gasteiger partial charge in [-0.05, 0) is 57.6 Å². The van der Waals surface area contributed by atoms with E-state index in [0.717, 1.165) is 25.8 Å². The third-order valence-corrected chi connectivity index (χ3v) is 10.1. The van der Waals surface area contributed by atoms with E-state index < -0.39 is 17.3 Å². The monoisotopic (exact) mass is 536 g/mol. The van der Waals surface area contributed by atoms with Gasteiger partial charge in [-0.2, -0.15) is 0 Å². The van der Waals surface area contributed by atoms with Gasteiger partial charge in [-0.25, -0.2) is 9.97 Å². The third kappa shape index (κ3) is 5.67. The molecule has 1 aromatic heterocycles. The lowest BCUT2D eigenvalue weighted by Crippen LogP contribution is -2.60. The molecule has 4 rings (SSSR count). The van der Waals surface area contributed by atoms with Crippen molar-refractivity contribution in [3.8, 4) is 0 Å². The fourth-order valence-electron chi connectivity index (χ4n) is 4.89. The molecule has 2 atom stereocenters. The van der Waals surface area contributed by atoms with Crippen LogP contribution in [0.1, 0.15) is 63.2 Å². The largest absolute Gasteiger partial charge is 0.598 e. The third-order valence-electron chi connectivity index (χ3n) is 6.94. The Labute approximate surface area is 219 Å². The Morgan fingerprint density at radius 1 is 1.31 bits per heavy atom. The summed E-state index contributed by atoms with van der Waals surface area (Å²) in [5.74, 6) is 0.398. The number of aromatic nitrogens is 2. The number of piperidine rings is 1. The highest BCUT2D eigenvalue weighted by Gasteiger charge is 2.48. The van der Waals surface area contributed by atoms with Crippen LogP contribution in [0, 0.1) is 5.41 Å². The molecule has 1 saturated carbocycles. The molecule has 35 heavy (non-hydrogen) atoms. The average Bonchev–Trinajstić information content (AvgIpc) is 3.26. The first-order valence-corrected chi connectivity index (χ1v) is 14.2. The second-order valence-corrected chi connectivity index (χ2v) is 13.7. The maximum atomic E-state index is 13.0. The maximum Gasteiger partial charge on any atom is 0.250 e. The van der Waals surface area contributed by atoms with Crippen LogP contribution in [0.4, 0.5) is 11.6 Å². The summed E-state index contributed by atoms with van der Waals surface area (Å²) < 4.78 is 16.1. The minimum Gasteiger partial charge on any atom is -0.598 e. The molecular weight excluding hydrogens is 504 g/mol. The molecule has 8 nitrogen and oxygen atoms in total. The maximum absolute atomic E-state index is 13.0. The number of amides is 1. The van der Waals surface area contributed by atoms with E-state index in [1.807, 2.05) is 20.8 Å². The van der Waals surface area contributed by atoms with Gasteiger partial charge in [0.05, 0.1) is 22.8 Å². The molecule has 1 aromatic carbocycles. The number of carbonyl (C=O) groups excluding carboxylic acids is 1. The second kappa shape index (κ2) is 10.3. The van der Waals surface area contributed by atoms with Crippen molar-refractivity contribution in [3.63, 3.8) is 0 Å². The van der Waals surface area contributed by atoms with Crippen LogP contribution >= 0.6 is 23.4 Å². The average molecular weight is 537 g/mol. The van der Waals surface area contributed by atoms with E-state index >= 15 is 0 Å². The summed E-state index contributed by atoms with van der Waals surface area (Å²) >= 11 is 6.45. The second-order valence-electron chi connectivity index (χ2n) is 10.3. The lowest BCUT2D eigenvalue weighted by Gasteiger charge is -2.46. The van der Waals surface area contributed by atoms with Gasteiger partial charge in [0.2, 0.25) is 5.91 Å². The fourth-order valence-corrected chi connectivity index (χ4v) is 6.97. The Morgan fingerprint density at radius 3 is 2.66 bits per heavy atom. The number of primary amides is 1. The zero-order valence-corrected chi connectivity index (χ0v) is 22.7. The molecule has 1 amide bonds. The Bertz CT molecular complexity index is 1090. The van der Waals surface area contributed by atoms with E-state index in [1.165, 1.54) is 24.6 Å². The molecule has 190 valence electrons. The van der Waals surface area contributed by atoms with Crippen molar-refractivity contribution >= 4 is 52.3 Å². The number of nitrogens with zero attached hydrogens (tertiary/aromatic N) is 3. The topological polar surface area (TPSA) is 133 Å². The number of hydrogen-bond donors (Lipinski definition) is 3. The Morgan fingerprint density at radius 2 is 2.03 bits per heavy atom. The molecule has 2 fully saturated rings. The number of carbonyl (C=O) groups is 1. The van der Waals surface area contributed by atoms with Crippen molar-refractivity contribution in [2.45, 2.75) is 73.6 Å². The molecule has 1 saturated heterocycles. The van der Waals surface area contributed by atoms with Gasteiger partial charge in [0.1, 0.15) is 15.6 Å². The van der Waals surface area contributed by atoms with E-state index in [0.29, 0.717) is 22.3 Å². The van der Waals surface area contributed by atoms with Crippen LogP contribution in [0.15, 0.2) is 34.3 Å². The van der Waals surface area contributed by atoms with Crippen LogP contribution in [0.5, 0.6) is 0 Å². The van der Waals surface area contributed by atoms with Crippen molar-refractivity contribution < 1.29 is 9.35 Å². The highest BCUT2D eigenvalue weighted by Crippen LogP contribution is 2.47. The first-order chi connectivity index (χ1) is 16.5. The van der Waals surface area contributed by atoms with Gasteiger partial charge >= 0.3 is 0 Å². The number of nitrogen functional groups attached to an aromatic ring is 1. The smallest absolute Gasteiger partial charge is 0.250 e. The standard InChI is InChI=1S/C24H33ClN6O2S2/c1-23(2,3)35(33)30-17-14-31(12-11-24(17)9-4-5-10-24)18-13-28-22(20(26)29-18)34-16-8-6-7-15(19(16)25)21(27)32/h6-8,13,17,30H,4-5,9-12,14H2,1-3H3,(H2,26,29)(H2,27,32)/t17-,35+/m0/s1. The van der Waals surface area contributed by atoms with Crippen LogP contribution in [-0.2, 0) is 11.4 Å². The van der Waals surface area contributed by atoms with E-state index in [2.05, 4.69) is 19.6 Å². The minimum absolute atomic E-state index is 0.103. The first kappa shape index (κ1) is 26.3. The molecule has 11 heteroatoms. The normalized spacial score (nSPS) is 20.8. The number of anilines is 2. The molecule has 2 aromatic rings. The van der Waals surface area contributed by atoms with Crippen LogP contribution in [0.2, 0.25) is 5.02 Å². The predicted molar refractivity (Wildman–Crippen MR) is 143 cm³/mol. The molecule has 2 heterocycles. The highest BCUT2D eigenvalue weighted by atomic mass is 35.5. The quantitative estimate of drug-likeness (QED) is 0.469. The van der Waals surface area contributed by atoms with Gasteiger partial charge in [-0.1, -0.05) is 42.3 Å². The first-order valence-electron chi connectivity index (χ1n) is 11.8. The van der Waals surface area contributed by atoms with E-state index in [4.69, 9.17) is 23.1 Å². The van der Waals surface area contributed by atoms with Gasteiger partial charge in [0, 0.05) is 29.3 Å². The Balaban J connectivity index is 1.53. The fraction of sp³-hybridized carbons (Fsp3) is 0.542. The predicted octanol–water partition coefficient (Wildman–Crippen LogP) is 4.15. The van der Waals surface area contributed by atoms with Crippen molar-refractivity contribution in [3.05, 3.63) is 35.0 Å². The minimum atomic E-state index is -1.15. The lowest BCUT2D eigenvalue weighted by molar-refractivity contribution is 0.1000. The van der Waals surface area contributed by atoms with Crippen molar-refractivity contribution in [2.75, 3.05) is 23.7 Å². The van der Waals surface area contributed by atoms with Gasteiger partial charge in [-0.15, -0.1) is 4.72 Å². The summed E-state index contributed by atoms with van der Waals surface area (Å²) in [5, 5.41) is 0.777. The van der Waals surface area contributed by atoms with Crippen LogP contribution in [-0.4, -0.2) is 44.3 Å². The summed E-state index contributed by atoms with van der Waals surface area (Å²) in [6, 6.07) is 5.18. The van der Waals surface area contributed by atoms with Crippen LogP contribution < -0.4 is 21.1 Å². The number of rotatable bonds is 6. The molecular formula is C24H33ClN6O2S2. The SMILES string of the molecule is CC(C)(C)[S@@+]([O-])N[C@H]1CN(c2cnc(Sc3cccc(C(N)=O)c3Cl)c(N)n2)CCC12CCCC2. The van der Waals surface area contributed by atoms with E-state index in [9.17, 15) is 9.35 Å². The number of benzene rings is 1. The van der Waals surface area contributed by atoms with E-state index in [1.54, 1.807) is 24.4 Å². The number of halogens is 1.